The fourth-order valence-corrected chi connectivity index (χ4v) is 3.92. The van der Waals surface area contributed by atoms with Gasteiger partial charge in [-0.3, -0.25) is 4.55 Å². The molecular weight excluding hydrogens is 484 g/mol. The molecule has 0 aliphatic rings. The third-order valence-corrected chi connectivity index (χ3v) is 5.82. The van der Waals surface area contributed by atoms with Crippen LogP contribution in [0.25, 0.3) is 11.1 Å². The molecular formula is C25H18N4O6S. The van der Waals surface area contributed by atoms with Crippen LogP contribution in [-0.2, 0) is 10.1 Å². The van der Waals surface area contributed by atoms with Crippen LogP contribution in [0.2, 0.25) is 0 Å². The largest absolute Gasteiger partial charge is 0.508 e. The molecule has 4 rings (SSSR count). The van der Waals surface area contributed by atoms with Gasteiger partial charge in [0.2, 0.25) is 0 Å². The van der Waals surface area contributed by atoms with Gasteiger partial charge in [0, 0.05) is 5.56 Å². The van der Waals surface area contributed by atoms with E-state index in [-0.39, 0.29) is 27.5 Å². The number of phenols is 1. The van der Waals surface area contributed by atoms with Crippen LogP contribution in [0.1, 0.15) is 10.4 Å². The van der Waals surface area contributed by atoms with Gasteiger partial charge in [0.05, 0.1) is 28.3 Å². The van der Waals surface area contributed by atoms with Gasteiger partial charge in [-0.15, -0.1) is 0 Å². The lowest BCUT2D eigenvalue weighted by atomic mass is 10.0. The van der Waals surface area contributed by atoms with Crippen molar-refractivity contribution in [2.75, 3.05) is 0 Å². The molecule has 4 aromatic carbocycles. The first-order valence-corrected chi connectivity index (χ1v) is 11.8. The third kappa shape index (κ3) is 6.03. The SMILES string of the molecule is O=C(O)c1cccc(N=Nc2ccc(-c3ccc(N=Nc4ccc(O)cc4)cc3S(=O)(=O)O)cc2)c1. The molecule has 0 unspecified atom stereocenters. The van der Waals surface area contributed by atoms with Crippen LogP contribution in [-0.4, -0.2) is 29.2 Å². The molecule has 0 aliphatic heterocycles. The Morgan fingerprint density at radius 3 is 1.78 bits per heavy atom. The molecule has 0 aromatic heterocycles. The van der Waals surface area contributed by atoms with E-state index in [4.69, 9.17) is 5.11 Å². The number of carboxylic acid groups (broad SMARTS) is 1. The van der Waals surface area contributed by atoms with Crippen LogP contribution in [0.4, 0.5) is 22.7 Å². The van der Waals surface area contributed by atoms with E-state index < -0.39 is 16.1 Å². The van der Waals surface area contributed by atoms with Crippen molar-refractivity contribution in [1.82, 2.24) is 0 Å². The van der Waals surface area contributed by atoms with Gasteiger partial charge < -0.3 is 10.2 Å². The summed E-state index contributed by atoms with van der Waals surface area (Å²) in [5, 5.41) is 34.5. The fraction of sp³-hybridized carbons (Fsp3) is 0. The van der Waals surface area contributed by atoms with Crippen LogP contribution in [0.5, 0.6) is 5.75 Å². The molecule has 0 spiro atoms. The van der Waals surface area contributed by atoms with Crippen molar-refractivity contribution in [2.45, 2.75) is 4.90 Å². The lowest BCUT2D eigenvalue weighted by Gasteiger charge is -2.08. The normalized spacial score (nSPS) is 11.8. The number of benzene rings is 4. The highest BCUT2D eigenvalue weighted by atomic mass is 32.2. The first-order valence-electron chi connectivity index (χ1n) is 10.4. The van der Waals surface area contributed by atoms with Gasteiger partial charge in [0.1, 0.15) is 10.6 Å². The number of aromatic hydroxyl groups is 1. The molecule has 0 atom stereocenters. The van der Waals surface area contributed by atoms with Gasteiger partial charge in [-0.1, -0.05) is 24.3 Å². The summed E-state index contributed by atoms with van der Waals surface area (Å²) in [4.78, 5) is 10.7. The van der Waals surface area contributed by atoms with Crippen molar-refractivity contribution in [3.8, 4) is 16.9 Å². The maximum absolute atomic E-state index is 12.1. The Morgan fingerprint density at radius 2 is 1.19 bits per heavy atom. The smallest absolute Gasteiger partial charge is 0.335 e. The topological polar surface area (TPSA) is 161 Å². The molecule has 0 saturated carbocycles. The fourth-order valence-electron chi connectivity index (χ4n) is 3.18. The van der Waals surface area contributed by atoms with E-state index >= 15 is 0 Å². The van der Waals surface area contributed by atoms with Gasteiger partial charge in [0.25, 0.3) is 10.1 Å². The summed E-state index contributed by atoms with van der Waals surface area (Å²) in [7, 11) is -4.58. The van der Waals surface area contributed by atoms with Crippen LogP contribution < -0.4 is 0 Å². The Hall–Kier alpha value is -4.74. The van der Waals surface area contributed by atoms with E-state index in [1.165, 1.54) is 36.4 Å². The van der Waals surface area contributed by atoms with E-state index in [1.54, 1.807) is 54.6 Å². The Morgan fingerprint density at radius 1 is 0.667 bits per heavy atom. The second-order valence-electron chi connectivity index (χ2n) is 7.47. The van der Waals surface area contributed by atoms with Crippen molar-refractivity contribution in [3.05, 3.63) is 96.6 Å². The molecule has 0 saturated heterocycles. The van der Waals surface area contributed by atoms with Crippen molar-refractivity contribution in [1.29, 1.82) is 0 Å². The average molecular weight is 503 g/mol. The zero-order chi connectivity index (χ0) is 25.7. The van der Waals surface area contributed by atoms with E-state index in [2.05, 4.69) is 20.5 Å². The van der Waals surface area contributed by atoms with Crippen molar-refractivity contribution in [2.24, 2.45) is 20.5 Å². The number of carbonyl (C=O) groups is 1. The summed E-state index contributed by atoms with van der Waals surface area (Å²) < 4.78 is 33.9. The van der Waals surface area contributed by atoms with Crippen molar-refractivity contribution < 1.29 is 28.0 Å². The number of azo groups is 2. The van der Waals surface area contributed by atoms with Gasteiger partial charge in [-0.05, 0) is 72.3 Å². The number of rotatable bonds is 7. The minimum atomic E-state index is -4.58. The highest BCUT2D eigenvalue weighted by molar-refractivity contribution is 7.86. The average Bonchev–Trinajstić information content (AvgIpc) is 2.87. The summed E-state index contributed by atoms with van der Waals surface area (Å²) in [6.07, 6.45) is 0. The quantitative estimate of drug-likeness (QED) is 0.185. The molecule has 3 N–H and O–H groups in total. The maximum atomic E-state index is 12.1. The minimum Gasteiger partial charge on any atom is -0.508 e. The maximum Gasteiger partial charge on any atom is 0.335 e. The Labute approximate surface area is 205 Å². The molecule has 36 heavy (non-hydrogen) atoms. The Balaban J connectivity index is 1.59. The molecule has 10 nitrogen and oxygen atoms in total. The number of aromatic carboxylic acids is 1. The minimum absolute atomic E-state index is 0.0758. The zero-order valence-electron chi connectivity index (χ0n) is 18.4. The van der Waals surface area contributed by atoms with Gasteiger partial charge >= 0.3 is 5.97 Å². The monoisotopic (exact) mass is 502 g/mol. The van der Waals surface area contributed by atoms with E-state index in [0.717, 1.165) is 0 Å². The van der Waals surface area contributed by atoms with Gasteiger partial charge in [-0.25, -0.2) is 4.79 Å². The number of nitrogens with zero attached hydrogens (tertiary/aromatic N) is 4. The zero-order valence-corrected chi connectivity index (χ0v) is 19.2. The van der Waals surface area contributed by atoms with Crippen molar-refractivity contribution >= 4 is 38.8 Å². The molecule has 180 valence electrons. The second kappa shape index (κ2) is 10.3. The summed E-state index contributed by atoms with van der Waals surface area (Å²) in [6, 6.07) is 22.7. The molecule has 0 amide bonds. The van der Waals surface area contributed by atoms with Crippen LogP contribution in [0.3, 0.4) is 0 Å². The summed E-state index contributed by atoms with van der Waals surface area (Å²) in [5.74, 6) is -0.995. The van der Waals surface area contributed by atoms with E-state index in [1.807, 2.05) is 0 Å². The molecule has 4 aromatic rings. The van der Waals surface area contributed by atoms with E-state index in [9.17, 15) is 22.9 Å². The predicted molar refractivity (Wildman–Crippen MR) is 132 cm³/mol. The Bertz CT molecular complexity index is 1580. The molecule has 0 radical (unpaired) electrons. The second-order valence-corrected chi connectivity index (χ2v) is 8.86. The van der Waals surface area contributed by atoms with Gasteiger partial charge in [-0.2, -0.15) is 28.9 Å². The highest BCUT2D eigenvalue weighted by Crippen LogP contribution is 2.33. The van der Waals surface area contributed by atoms with E-state index in [0.29, 0.717) is 22.6 Å². The first kappa shape index (κ1) is 24.4. The molecule has 0 bridgehead atoms. The number of carboxylic acids is 1. The first-order chi connectivity index (χ1) is 17.2. The lowest BCUT2D eigenvalue weighted by Crippen LogP contribution is -2.00. The third-order valence-electron chi connectivity index (χ3n) is 4.93. The Kier molecular flexibility index (Phi) is 6.95. The summed E-state index contributed by atoms with van der Waals surface area (Å²) in [5.41, 5.74) is 2.30. The number of phenolic OH excluding ortho intramolecular Hbond substituents is 1. The molecule has 0 fully saturated rings. The van der Waals surface area contributed by atoms with Crippen LogP contribution in [0.15, 0.2) is 116 Å². The molecule has 0 heterocycles. The lowest BCUT2D eigenvalue weighted by molar-refractivity contribution is 0.0697. The number of hydrogen-bond acceptors (Lipinski definition) is 8. The van der Waals surface area contributed by atoms with Crippen molar-refractivity contribution in [3.63, 3.8) is 0 Å². The highest BCUT2D eigenvalue weighted by Gasteiger charge is 2.18. The predicted octanol–water partition coefficient (Wildman–Crippen LogP) is 6.83. The molecule has 0 aliphatic carbocycles. The summed E-state index contributed by atoms with van der Waals surface area (Å²) in [6.45, 7) is 0. The van der Waals surface area contributed by atoms with Gasteiger partial charge in [0.15, 0.2) is 0 Å². The van der Waals surface area contributed by atoms with Crippen LogP contribution >= 0.6 is 0 Å². The molecule has 11 heteroatoms. The summed E-state index contributed by atoms with van der Waals surface area (Å²) >= 11 is 0. The number of hydrogen-bond donors (Lipinski definition) is 3. The standard InChI is InChI=1S/C25H18N4O6S/c30-22-11-8-19(9-12-22)27-29-21-10-13-23(24(15-21)36(33,34)35)16-4-6-18(7-5-16)26-28-20-3-1-2-17(14-20)25(31)32/h1-15,30H,(H,31,32)(H,33,34,35). The van der Waals surface area contributed by atoms with Crippen LogP contribution in [0, 0.1) is 0 Å².